The second-order valence-corrected chi connectivity index (χ2v) is 12.1. The van der Waals surface area contributed by atoms with Crippen LogP contribution >= 0.6 is 11.8 Å². The van der Waals surface area contributed by atoms with Crippen molar-refractivity contribution in [3.63, 3.8) is 0 Å². The average Bonchev–Trinajstić information content (AvgIpc) is 2.90. The van der Waals surface area contributed by atoms with Crippen LogP contribution < -0.4 is 10.6 Å². The third kappa shape index (κ3) is 10.5. The van der Waals surface area contributed by atoms with Crippen molar-refractivity contribution >= 4 is 29.7 Å². The lowest BCUT2D eigenvalue weighted by molar-refractivity contribution is -0.142. The lowest BCUT2D eigenvalue weighted by atomic mass is 9.94. The highest BCUT2D eigenvalue weighted by atomic mass is 32.2. The summed E-state index contributed by atoms with van der Waals surface area (Å²) >= 11 is 1.60. The molecule has 0 fully saturated rings. The molecule has 0 heterocycles. The number of rotatable bonds is 14. The quantitative estimate of drug-likeness (QED) is 0.260. The zero-order valence-corrected chi connectivity index (χ0v) is 26.0. The third-order valence-electron chi connectivity index (χ3n) is 6.70. The van der Waals surface area contributed by atoms with E-state index in [1.807, 2.05) is 68.6 Å². The van der Waals surface area contributed by atoms with Crippen LogP contribution in [0.4, 0.5) is 4.79 Å². The van der Waals surface area contributed by atoms with Gasteiger partial charge < -0.3 is 20.3 Å². The highest BCUT2D eigenvalue weighted by Gasteiger charge is 2.36. The summed E-state index contributed by atoms with van der Waals surface area (Å²) in [5.41, 5.74) is 3.08. The first-order valence-electron chi connectivity index (χ1n) is 14.1. The molecular formula is C32H47N3O4S. The minimum Gasteiger partial charge on any atom is -0.444 e. The molecule has 0 aromatic heterocycles. The number of unbranched alkanes of at least 4 members (excludes halogenated alkanes) is 2. The molecule has 0 bridgehead atoms. The smallest absolute Gasteiger partial charge is 0.408 e. The summed E-state index contributed by atoms with van der Waals surface area (Å²) in [6, 6.07) is 13.9. The van der Waals surface area contributed by atoms with E-state index in [1.165, 1.54) is 0 Å². The van der Waals surface area contributed by atoms with Gasteiger partial charge in [-0.05, 0) is 81.7 Å². The normalized spacial score (nSPS) is 12.8. The Kier molecular flexibility index (Phi) is 13.5. The highest BCUT2D eigenvalue weighted by Crippen LogP contribution is 2.28. The van der Waals surface area contributed by atoms with Gasteiger partial charge in [0.05, 0.1) is 0 Å². The number of nitrogens with one attached hydrogen (secondary N) is 2. The largest absolute Gasteiger partial charge is 0.444 e. The van der Waals surface area contributed by atoms with E-state index in [4.69, 9.17) is 4.74 Å². The molecule has 220 valence electrons. The number of aryl methyl sites for hydroxylation is 1. The number of thioether (sulfide) groups is 1. The zero-order valence-electron chi connectivity index (χ0n) is 25.2. The predicted molar refractivity (Wildman–Crippen MR) is 164 cm³/mol. The number of benzene rings is 2. The van der Waals surface area contributed by atoms with Crippen molar-refractivity contribution in [2.24, 2.45) is 0 Å². The maximum atomic E-state index is 14.3. The van der Waals surface area contributed by atoms with Crippen molar-refractivity contribution in [3.8, 4) is 0 Å². The van der Waals surface area contributed by atoms with E-state index in [9.17, 15) is 14.4 Å². The molecular weight excluding hydrogens is 522 g/mol. The van der Waals surface area contributed by atoms with E-state index < -0.39 is 23.8 Å². The molecule has 40 heavy (non-hydrogen) atoms. The van der Waals surface area contributed by atoms with Crippen LogP contribution in [0.5, 0.6) is 0 Å². The minimum absolute atomic E-state index is 0.247. The van der Waals surface area contributed by atoms with Crippen LogP contribution in [0.25, 0.3) is 0 Å². The first-order chi connectivity index (χ1) is 19.0. The summed E-state index contributed by atoms with van der Waals surface area (Å²) < 4.78 is 5.48. The van der Waals surface area contributed by atoms with Crippen molar-refractivity contribution in [2.45, 2.75) is 91.5 Å². The molecule has 0 aliphatic carbocycles. The van der Waals surface area contributed by atoms with Gasteiger partial charge >= 0.3 is 6.09 Å². The monoisotopic (exact) mass is 569 g/mol. The van der Waals surface area contributed by atoms with Crippen LogP contribution in [0.15, 0.2) is 48.5 Å². The molecule has 0 saturated heterocycles. The van der Waals surface area contributed by atoms with E-state index in [0.717, 1.165) is 41.5 Å². The second kappa shape index (κ2) is 16.3. The molecule has 0 radical (unpaired) electrons. The van der Waals surface area contributed by atoms with Crippen LogP contribution in [0, 0.1) is 13.8 Å². The van der Waals surface area contributed by atoms with Gasteiger partial charge in [0.1, 0.15) is 17.7 Å². The Balaban J connectivity index is 2.51. The molecule has 3 amide bonds. The number of hydrogen-bond acceptors (Lipinski definition) is 5. The zero-order chi connectivity index (χ0) is 29.7. The molecule has 2 N–H and O–H groups in total. The topological polar surface area (TPSA) is 87.7 Å². The molecule has 2 unspecified atom stereocenters. The first-order valence-corrected chi connectivity index (χ1v) is 15.5. The predicted octanol–water partition coefficient (Wildman–Crippen LogP) is 6.33. The van der Waals surface area contributed by atoms with Crippen LogP contribution in [0.3, 0.4) is 0 Å². The van der Waals surface area contributed by atoms with E-state index in [2.05, 4.69) is 17.6 Å². The molecule has 0 aliphatic heterocycles. The maximum absolute atomic E-state index is 14.3. The number of carbonyl (C=O) groups excluding carboxylic acids is 3. The van der Waals surface area contributed by atoms with Gasteiger partial charge in [0.15, 0.2) is 0 Å². The van der Waals surface area contributed by atoms with Crippen molar-refractivity contribution in [1.82, 2.24) is 15.5 Å². The van der Waals surface area contributed by atoms with Crippen molar-refractivity contribution in [1.29, 1.82) is 0 Å². The van der Waals surface area contributed by atoms with E-state index >= 15 is 0 Å². The molecule has 2 aromatic rings. The number of carbonyl (C=O) groups is 3. The fraction of sp³-hybridized carbons (Fsp3) is 0.531. The number of hydrogen-bond donors (Lipinski definition) is 2. The summed E-state index contributed by atoms with van der Waals surface area (Å²) in [4.78, 5) is 42.7. The maximum Gasteiger partial charge on any atom is 0.408 e. The molecule has 8 heteroatoms. The van der Waals surface area contributed by atoms with Gasteiger partial charge in [-0.1, -0.05) is 68.3 Å². The van der Waals surface area contributed by atoms with Crippen molar-refractivity contribution < 1.29 is 19.1 Å². The van der Waals surface area contributed by atoms with Gasteiger partial charge in [-0.2, -0.15) is 11.8 Å². The summed E-state index contributed by atoms with van der Waals surface area (Å²) in [6.07, 6.45) is 4.39. The van der Waals surface area contributed by atoms with Gasteiger partial charge in [0, 0.05) is 13.1 Å². The van der Waals surface area contributed by atoms with Crippen LogP contribution in [0.2, 0.25) is 0 Å². The van der Waals surface area contributed by atoms with Crippen molar-refractivity contribution in [2.75, 3.05) is 18.6 Å². The van der Waals surface area contributed by atoms with Crippen LogP contribution in [-0.4, -0.2) is 53.0 Å². The standard InChI is InChI=1S/C32H47N3O4S/c1-8-9-13-20-35(30(37)27(19-21-40-7)34-31(38)39-32(4,5)6)28(26-18-14-15-23(2)24(26)3)29(36)33-22-25-16-11-10-12-17-25/h10-12,14-18,27-28H,8-9,13,19-22H2,1-7H3,(H,33,36)(H,34,38). The van der Waals surface area contributed by atoms with Gasteiger partial charge in [-0.15, -0.1) is 0 Å². The number of amides is 3. The SMILES string of the molecule is CCCCCN(C(=O)C(CCSC)NC(=O)OC(C)(C)C)C(C(=O)NCc1ccccc1)c1cccc(C)c1C. The summed E-state index contributed by atoms with van der Waals surface area (Å²) in [6.45, 7) is 12.2. The first kappa shape index (κ1) is 33.2. The molecule has 0 aliphatic rings. The van der Waals surface area contributed by atoms with Crippen molar-refractivity contribution in [3.05, 3.63) is 70.8 Å². The van der Waals surface area contributed by atoms with Gasteiger partial charge in [-0.25, -0.2) is 4.79 Å². The molecule has 7 nitrogen and oxygen atoms in total. The Hall–Kier alpha value is -3.00. The number of ether oxygens (including phenoxy) is 1. The molecule has 0 saturated carbocycles. The fourth-order valence-electron chi connectivity index (χ4n) is 4.44. The summed E-state index contributed by atoms with van der Waals surface area (Å²) in [5.74, 6) is 0.142. The Morgan fingerprint density at radius 1 is 1.00 bits per heavy atom. The highest BCUT2D eigenvalue weighted by molar-refractivity contribution is 7.98. The number of alkyl carbamates (subject to hydrolysis) is 1. The lowest BCUT2D eigenvalue weighted by Crippen LogP contribution is -2.53. The van der Waals surface area contributed by atoms with Gasteiger partial charge in [-0.3, -0.25) is 9.59 Å². The molecule has 0 spiro atoms. The fourth-order valence-corrected chi connectivity index (χ4v) is 4.92. The Morgan fingerprint density at radius 3 is 2.33 bits per heavy atom. The van der Waals surface area contributed by atoms with Gasteiger partial charge in [0.25, 0.3) is 0 Å². The summed E-state index contributed by atoms with van der Waals surface area (Å²) in [7, 11) is 0. The molecule has 2 rings (SSSR count). The average molecular weight is 570 g/mol. The molecule has 2 aromatic carbocycles. The lowest BCUT2D eigenvalue weighted by Gasteiger charge is -2.35. The van der Waals surface area contributed by atoms with E-state index in [1.54, 1.807) is 37.4 Å². The minimum atomic E-state index is -0.842. The van der Waals surface area contributed by atoms with E-state index in [0.29, 0.717) is 25.3 Å². The van der Waals surface area contributed by atoms with Crippen LogP contribution in [-0.2, 0) is 20.9 Å². The Labute approximate surface area is 244 Å². The Morgan fingerprint density at radius 2 is 1.70 bits per heavy atom. The Bertz CT molecular complexity index is 1100. The second-order valence-electron chi connectivity index (χ2n) is 11.1. The summed E-state index contributed by atoms with van der Waals surface area (Å²) in [5, 5.41) is 5.89. The van der Waals surface area contributed by atoms with Gasteiger partial charge in [0.2, 0.25) is 11.8 Å². The van der Waals surface area contributed by atoms with Crippen LogP contribution in [0.1, 0.15) is 81.7 Å². The third-order valence-corrected chi connectivity index (χ3v) is 7.34. The molecule has 2 atom stereocenters. The number of nitrogens with zero attached hydrogens (tertiary/aromatic N) is 1. The van der Waals surface area contributed by atoms with E-state index in [-0.39, 0.29) is 11.8 Å².